The van der Waals surface area contributed by atoms with Crippen LogP contribution >= 0.6 is 0 Å². The second kappa shape index (κ2) is 6.76. The Kier molecular flexibility index (Phi) is 4.79. The van der Waals surface area contributed by atoms with Gasteiger partial charge in [-0.15, -0.1) is 0 Å². The SMILES string of the molecule is COc1ccc(N(C)C(=O)Nc2cccc(CN)c2)cc1. The first-order valence-corrected chi connectivity index (χ1v) is 6.62. The van der Waals surface area contributed by atoms with Crippen molar-refractivity contribution in [1.29, 1.82) is 0 Å². The summed E-state index contributed by atoms with van der Waals surface area (Å²) in [5.74, 6) is 0.753. The van der Waals surface area contributed by atoms with Crippen molar-refractivity contribution in [2.24, 2.45) is 5.73 Å². The molecule has 5 nitrogen and oxygen atoms in total. The van der Waals surface area contributed by atoms with Gasteiger partial charge in [0.15, 0.2) is 0 Å². The van der Waals surface area contributed by atoms with E-state index in [4.69, 9.17) is 10.5 Å². The number of rotatable bonds is 4. The maximum Gasteiger partial charge on any atom is 0.326 e. The highest BCUT2D eigenvalue weighted by atomic mass is 16.5. The fraction of sp³-hybridized carbons (Fsp3) is 0.188. The molecular weight excluding hydrogens is 266 g/mol. The number of hydrogen-bond acceptors (Lipinski definition) is 3. The Bertz CT molecular complexity index is 611. The zero-order valence-corrected chi connectivity index (χ0v) is 12.2. The van der Waals surface area contributed by atoms with Crippen LogP contribution in [0.25, 0.3) is 0 Å². The van der Waals surface area contributed by atoms with E-state index in [0.717, 1.165) is 22.7 Å². The normalized spacial score (nSPS) is 10.0. The number of hydrogen-bond donors (Lipinski definition) is 2. The second-order valence-electron chi connectivity index (χ2n) is 4.59. The Morgan fingerprint density at radius 1 is 1.24 bits per heavy atom. The minimum Gasteiger partial charge on any atom is -0.497 e. The molecule has 2 rings (SSSR count). The summed E-state index contributed by atoms with van der Waals surface area (Å²) in [6.07, 6.45) is 0. The van der Waals surface area contributed by atoms with Gasteiger partial charge in [0.1, 0.15) is 5.75 Å². The van der Waals surface area contributed by atoms with Crippen LogP contribution in [0.5, 0.6) is 5.75 Å². The molecule has 0 radical (unpaired) electrons. The van der Waals surface area contributed by atoms with Gasteiger partial charge in [-0.25, -0.2) is 4.79 Å². The second-order valence-corrected chi connectivity index (χ2v) is 4.59. The summed E-state index contributed by atoms with van der Waals surface area (Å²) in [6, 6.07) is 14.5. The van der Waals surface area contributed by atoms with E-state index in [-0.39, 0.29) is 6.03 Å². The lowest BCUT2D eigenvalue weighted by molar-refractivity contribution is 0.258. The summed E-state index contributed by atoms with van der Waals surface area (Å²) < 4.78 is 5.10. The van der Waals surface area contributed by atoms with Crippen LogP contribution in [0.2, 0.25) is 0 Å². The van der Waals surface area contributed by atoms with E-state index < -0.39 is 0 Å². The van der Waals surface area contributed by atoms with E-state index in [0.29, 0.717) is 6.54 Å². The smallest absolute Gasteiger partial charge is 0.326 e. The van der Waals surface area contributed by atoms with Crippen LogP contribution in [0.4, 0.5) is 16.2 Å². The lowest BCUT2D eigenvalue weighted by atomic mass is 10.2. The Balaban J connectivity index is 2.07. The molecule has 110 valence electrons. The molecule has 0 bridgehead atoms. The number of urea groups is 1. The highest BCUT2D eigenvalue weighted by molar-refractivity contribution is 6.01. The minimum absolute atomic E-state index is 0.214. The first-order chi connectivity index (χ1) is 10.1. The van der Waals surface area contributed by atoms with Gasteiger partial charge >= 0.3 is 6.03 Å². The molecule has 0 saturated carbocycles. The van der Waals surface area contributed by atoms with Gasteiger partial charge in [0.05, 0.1) is 7.11 Å². The molecule has 0 heterocycles. The van der Waals surface area contributed by atoms with Gasteiger partial charge in [-0.05, 0) is 42.0 Å². The number of anilines is 2. The fourth-order valence-electron chi connectivity index (χ4n) is 1.91. The van der Waals surface area contributed by atoms with E-state index >= 15 is 0 Å². The topological polar surface area (TPSA) is 67.6 Å². The van der Waals surface area contributed by atoms with Crippen molar-refractivity contribution < 1.29 is 9.53 Å². The fourth-order valence-corrected chi connectivity index (χ4v) is 1.91. The van der Waals surface area contributed by atoms with Gasteiger partial charge in [-0.2, -0.15) is 0 Å². The number of carbonyl (C=O) groups is 1. The summed E-state index contributed by atoms with van der Waals surface area (Å²) in [6.45, 7) is 0.442. The number of nitrogens with two attached hydrogens (primary N) is 1. The highest BCUT2D eigenvalue weighted by Crippen LogP contribution is 2.19. The molecule has 5 heteroatoms. The summed E-state index contributed by atoms with van der Waals surface area (Å²) in [7, 11) is 3.32. The lowest BCUT2D eigenvalue weighted by Gasteiger charge is -2.18. The summed E-state index contributed by atoms with van der Waals surface area (Å²) in [5.41, 5.74) is 8.07. The van der Waals surface area contributed by atoms with Gasteiger partial charge < -0.3 is 15.8 Å². The molecule has 0 saturated heterocycles. The van der Waals surface area contributed by atoms with E-state index in [1.807, 2.05) is 48.5 Å². The molecule has 0 aliphatic rings. The van der Waals surface area contributed by atoms with Crippen LogP contribution in [-0.4, -0.2) is 20.2 Å². The van der Waals surface area contributed by atoms with Gasteiger partial charge in [-0.3, -0.25) is 4.90 Å². The molecule has 3 N–H and O–H groups in total. The monoisotopic (exact) mass is 285 g/mol. The van der Waals surface area contributed by atoms with E-state index in [1.54, 1.807) is 14.2 Å². The quantitative estimate of drug-likeness (QED) is 0.907. The van der Waals surface area contributed by atoms with Crippen LogP contribution in [-0.2, 0) is 6.54 Å². The molecule has 0 spiro atoms. The number of methoxy groups -OCH3 is 1. The number of amides is 2. The van der Waals surface area contributed by atoms with Crippen LogP contribution < -0.4 is 20.7 Å². The maximum atomic E-state index is 12.2. The largest absolute Gasteiger partial charge is 0.497 e. The van der Waals surface area contributed by atoms with Gasteiger partial charge in [0.2, 0.25) is 0 Å². The number of nitrogens with zero attached hydrogens (tertiary/aromatic N) is 1. The Morgan fingerprint density at radius 2 is 1.95 bits per heavy atom. The molecule has 2 amide bonds. The number of nitrogens with one attached hydrogen (secondary N) is 1. The Morgan fingerprint density at radius 3 is 2.57 bits per heavy atom. The van der Waals surface area contributed by atoms with Crippen LogP contribution in [0.1, 0.15) is 5.56 Å². The molecule has 0 atom stereocenters. The maximum absolute atomic E-state index is 12.2. The number of benzene rings is 2. The van der Waals surface area contributed by atoms with Crippen molar-refractivity contribution in [3.63, 3.8) is 0 Å². The van der Waals surface area contributed by atoms with Crippen molar-refractivity contribution >= 4 is 17.4 Å². The van der Waals surface area contributed by atoms with E-state index in [9.17, 15) is 4.79 Å². The minimum atomic E-state index is -0.214. The zero-order valence-electron chi connectivity index (χ0n) is 12.2. The highest BCUT2D eigenvalue weighted by Gasteiger charge is 2.11. The zero-order chi connectivity index (χ0) is 15.2. The summed E-state index contributed by atoms with van der Waals surface area (Å²) in [5, 5.41) is 2.84. The molecule has 0 fully saturated rings. The molecule has 0 unspecified atom stereocenters. The molecule has 0 aliphatic heterocycles. The average Bonchev–Trinajstić information content (AvgIpc) is 2.54. The van der Waals surface area contributed by atoms with Gasteiger partial charge in [-0.1, -0.05) is 12.1 Å². The first-order valence-electron chi connectivity index (χ1n) is 6.62. The van der Waals surface area contributed by atoms with Crippen molar-refractivity contribution in [3.8, 4) is 5.75 Å². The van der Waals surface area contributed by atoms with Crippen molar-refractivity contribution in [3.05, 3.63) is 54.1 Å². The third-order valence-electron chi connectivity index (χ3n) is 3.18. The standard InChI is InChI=1S/C16H19N3O2/c1-19(14-6-8-15(21-2)9-7-14)16(20)18-13-5-3-4-12(10-13)11-17/h3-10H,11,17H2,1-2H3,(H,18,20). The van der Waals surface area contributed by atoms with Crippen molar-refractivity contribution in [2.75, 3.05) is 24.4 Å². The number of ether oxygens (including phenoxy) is 1. The molecular formula is C16H19N3O2. The van der Waals surface area contributed by atoms with Crippen LogP contribution in [0.3, 0.4) is 0 Å². The summed E-state index contributed by atoms with van der Waals surface area (Å²) in [4.78, 5) is 13.8. The Hall–Kier alpha value is -2.53. The molecule has 0 aliphatic carbocycles. The van der Waals surface area contributed by atoms with Crippen molar-refractivity contribution in [1.82, 2.24) is 0 Å². The third kappa shape index (κ3) is 3.73. The molecule has 2 aromatic carbocycles. The number of carbonyl (C=O) groups excluding carboxylic acids is 1. The van der Waals surface area contributed by atoms with Gasteiger partial charge in [0, 0.05) is 25.0 Å². The predicted molar refractivity (Wildman–Crippen MR) is 84.7 cm³/mol. The molecule has 2 aromatic rings. The van der Waals surface area contributed by atoms with Crippen molar-refractivity contribution in [2.45, 2.75) is 6.54 Å². The summed E-state index contributed by atoms with van der Waals surface area (Å²) >= 11 is 0. The van der Waals surface area contributed by atoms with Crippen LogP contribution in [0, 0.1) is 0 Å². The van der Waals surface area contributed by atoms with Gasteiger partial charge in [0.25, 0.3) is 0 Å². The van der Waals surface area contributed by atoms with Crippen LogP contribution in [0.15, 0.2) is 48.5 Å². The molecule has 21 heavy (non-hydrogen) atoms. The third-order valence-corrected chi connectivity index (χ3v) is 3.18. The van der Waals surface area contributed by atoms with E-state index in [1.165, 1.54) is 4.90 Å². The predicted octanol–water partition coefficient (Wildman–Crippen LogP) is 2.82. The Labute approximate surface area is 124 Å². The lowest BCUT2D eigenvalue weighted by Crippen LogP contribution is -2.31. The van der Waals surface area contributed by atoms with E-state index in [2.05, 4.69) is 5.32 Å². The first kappa shape index (κ1) is 14.9. The average molecular weight is 285 g/mol. The molecule has 0 aromatic heterocycles.